The summed E-state index contributed by atoms with van der Waals surface area (Å²) in [5.41, 5.74) is 5.63. The van der Waals surface area contributed by atoms with Crippen LogP contribution in [0.2, 0.25) is 0 Å². The maximum Gasteiger partial charge on any atom is 0.338 e. The summed E-state index contributed by atoms with van der Waals surface area (Å²) >= 11 is 0. The van der Waals surface area contributed by atoms with Crippen LogP contribution in [0.25, 0.3) is 0 Å². The first-order valence-electron chi connectivity index (χ1n) is 11.4. The molecule has 4 rings (SSSR count). The third-order valence-corrected chi connectivity index (χ3v) is 5.60. The van der Waals surface area contributed by atoms with Crippen LogP contribution in [0.4, 0.5) is 5.69 Å². The van der Waals surface area contributed by atoms with Crippen LogP contribution in [0.1, 0.15) is 33.5 Å². The van der Waals surface area contributed by atoms with Gasteiger partial charge in [0.05, 0.1) is 12.2 Å². The molecule has 0 aliphatic heterocycles. The lowest BCUT2D eigenvalue weighted by atomic mass is 10.0. The van der Waals surface area contributed by atoms with Crippen molar-refractivity contribution in [3.63, 3.8) is 0 Å². The summed E-state index contributed by atoms with van der Waals surface area (Å²) in [6.07, 6.45) is 1.62. The fourth-order valence-electron chi connectivity index (χ4n) is 3.95. The van der Waals surface area contributed by atoms with E-state index in [0.717, 1.165) is 25.9 Å². The summed E-state index contributed by atoms with van der Waals surface area (Å²) in [5, 5.41) is 0. The Bertz CT molecular complexity index is 1090. The summed E-state index contributed by atoms with van der Waals surface area (Å²) in [5.74, 6) is -0.265. The first-order valence-corrected chi connectivity index (χ1v) is 11.4. The molecule has 166 valence electrons. The topological polar surface area (TPSA) is 29.5 Å². The van der Waals surface area contributed by atoms with Gasteiger partial charge in [0.15, 0.2) is 0 Å². The van der Waals surface area contributed by atoms with Crippen molar-refractivity contribution in [3.8, 4) is 0 Å². The number of para-hydroxylation sites is 1. The highest BCUT2D eigenvalue weighted by Crippen LogP contribution is 2.26. The monoisotopic (exact) mass is 435 g/mol. The van der Waals surface area contributed by atoms with Gasteiger partial charge in [-0.3, -0.25) is 0 Å². The Morgan fingerprint density at radius 3 is 1.76 bits per heavy atom. The van der Waals surface area contributed by atoms with Crippen molar-refractivity contribution >= 4 is 11.7 Å². The van der Waals surface area contributed by atoms with Gasteiger partial charge in [-0.15, -0.1) is 0 Å². The minimum absolute atomic E-state index is 0.265. The zero-order chi connectivity index (χ0) is 22.7. The number of nitrogens with zero attached hydrogens (tertiary/aromatic N) is 1. The number of carbonyl (C=O) groups excluding carboxylic acids is 1. The van der Waals surface area contributed by atoms with Crippen LogP contribution in [0.15, 0.2) is 115 Å². The molecule has 0 saturated carbocycles. The van der Waals surface area contributed by atoms with E-state index in [4.69, 9.17) is 4.74 Å². The number of hydrogen-bond donors (Lipinski definition) is 0. The van der Waals surface area contributed by atoms with E-state index in [-0.39, 0.29) is 5.97 Å². The molecule has 0 N–H and O–H groups in total. The number of carbonyl (C=O) groups is 1. The van der Waals surface area contributed by atoms with E-state index in [1.165, 1.54) is 22.4 Å². The van der Waals surface area contributed by atoms with Gasteiger partial charge < -0.3 is 9.64 Å². The van der Waals surface area contributed by atoms with Gasteiger partial charge in [0.1, 0.15) is 0 Å². The minimum Gasteiger partial charge on any atom is -0.462 e. The highest BCUT2D eigenvalue weighted by atomic mass is 16.5. The van der Waals surface area contributed by atoms with Gasteiger partial charge in [0.2, 0.25) is 0 Å². The van der Waals surface area contributed by atoms with Gasteiger partial charge in [-0.05, 0) is 47.7 Å². The fourth-order valence-corrected chi connectivity index (χ4v) is 3.95. The molecule has 0 fully saturated rings. The molecule has 0 aliphatic rings. The standard InChI is InChI=1S/C30H29NO2/c32-30(28-18-8-3-9-19-28)33-22-12-20-27-17-10-11-21-29(27)31(23-25-13-4-1-5-14-25)24-26-15-6-2-7-16-26/h1-11,13-19,21H,12,20,22-24H2. The van der Waals surface area contributed by atoms with Gasteiger partial charge in [-0.25, -0.2) is 4.79 Å². The highest BCUT2D eigenvalue weighted by molar-refractivity contribution is 5.89. The average Bonchev–Trinajstić information content (AvgIpc) is 2.88. The van der Waals surface area contributed by atoms with Crippen molar-refractivity contribution in [2.75, 3.05) is 11.5 Å². The van der Waals surface area contributed by atoms with Crippen molar-refractivity contribution in [2.45, 2.75) is 25.9 Å². The maximum atomic E-state index is 12.2. The van der Waals surface area contributed by atoms with Crippen LogP contribution in [-0.2, 0) is 24.2 Å². The zero-order valence-corrected chi connectivity index (χ0v) is 18.8. The Labute approximate surface area is 196 Å². The molecular formula is C30H29NO2. The quantitative estimate of drug-likeness (QED) is 0.205. The number of aryl methyl sites for hydroxylation is 1. The molecule has 0 heterocycles. The summed E-state index contributed by atoms with van der Waals surface area (Å²) in [7, 11) is 0. The second kappa shape index (κ2) is 11.7. The van der Waals surface area contributed by atoms with Gasteiger partial charge >= 0.3 is 5.97 Å². The molecule has 0 radical (unpaired) electrons. The van der Waals surface area contributed by atoms with E-state index in [1.54, 1.807) is 12.1 Å². The number of anilines is 1. The van der Waals surface area contributed by atoms with Gasteiger partial charge in [0, 0.05) is 18.8 Å². The summed E-state index contributed by atoms with van der Waals surface area (Å²) < 4.78 is 5.49. The summed E-state index contributed by atoms with van der Waals surface area (Å²) in [6, 6.07) is 38.8. The van der Waals surface area contributed by atoms with Gasteiger partial charge in [0.25, 0.3) is 0 Å². The Balaban J connectivity index is 1.45. The predicted octanol–water partition coefficient (Wildman–Crippen LogP) is 6.68. The molecule has 3 nitrogen and oxygen atoms in total. The Morgan fingerprint density at radius 2 is 1.15 bits per heavy atom. The lowest BCUT2D eigenvalue weighted by molar-refractivity contribution is 0.0500. The third-order valence-electron chi connectivity index (χ3n) is 5.60. The average molecular weight is 436 g/mol. The molecular weight excluding hydrogens is 406 g/mol. The maximum absolute atomic E-state index is 12.2. The highest BCUT2D eigenvalue weighted by Gasteiger charge is 2.13. The van der Waals surface area contributed by atoms with E-state index >= 15 is 0 Å². The zero-order valence-electron chi connectivity index (χ0n) is 18.8. The molecule has 0 aromatic heterocycles. The van der Waals surface area contributed by atoms with Crippen molar-refractivity contribution in [3.05, 3.63) is 138 Å². The first kappa shape index (κ1) is 22.3. The predicted molar refractivity (Wildman–Crippen MR) is 134 cm³/mol. The molecule has 0 saturated heterocycles. The van der Waals surface area contributed by atoms with E-state index < -0.39 is 0 Å². The number of esters is 1. The Kier molecular flexibility index (Phi) is 7.91. The molecule has 4 aromatic rings. The molecule has 0 unspecified atom stereocenters. The van der Waals surface area contributed by atoms with Crippen LogP contribution in [0.5, 0.6) is 0 Å². The van der Waals surface area contributed by atoms with Crippen molar-refractivity contribution < 1.29 is 9.53 Å². The molecule has 33 heavy (non-hydrogen) atoms. The summed E-state index contributed by atoms with van der Waals surface area (Å²) in [6.45, 7) is 2.06. The normalized spacial score (nSPS) is 10.5. The van der Waals surface area contributed by atoms with Gasteiger partial charge in [-0.2, -0.15) is 0 Å². The smallest absolute Gasteiger partial charge is 0.338 e. The number of rotatable bonds is 10. The number of hydrogen-bond acceptors (Lipinski definition) is 3. The molecule has 0 amide bonds. The van der Waals surface area contributed by atoms with Crippen molar-refractivity contribution in [1.29, 1.82) is 0 Å². The van der Waals surface area contributed by atoms with E-state index in [9.17, 15) is 4.79 Å². The van der Waals surface area contributed by atoms with E-state index in [1.807, 2.05) is 18.2 Å². The number of ether oxygens (including phenoxy) is 1. The SMILES string of the molecule is O=C(OCCCc1ccccc1N(Cc1ccccc1)Cc1ccccc1)c1ccccc1. The first-order chi connectivity index (χ1) is 16.3. The number of benzene rings is 4. The lowest BCUT2D eigenvalue weighted by Gasteiger charge is -2.28. The Hall–Kier alpha value is -3.85. The molecule has 0 atom stereocenters. The summed E-state index contributed by atoms with van der Waals surface area (Å²) in [4.78, 5) is 14.6. The van der Waals surface area contributed by atoms with Crippen LogP contribution >= 0.6 is 0 Å². The Morgan fingerprint density at radius 1 is 0.636 bits per heavy atom. The second-order valence-corrected chi connectivity index (χ2v) is 8.06. The third kappa shape index (κ3) is 6.56. The molecule has 4 aromatic carbocycles. The minimum atomic E-state index is -0.265. The van der Waals surface area contributed by atoms with Crippen LogP contribution < -0.4 is 4.90 Å². The largest absolute Gasteiger partial charge is 0.462 e. The molecule has 0 spiro atoms. The van der Waals surface area contributed by atoms with E-state index in [2.05, 4.69) is 89.8 Å². The van der Waals surface area contributed by atoms with Crippen LogP contribution in [-0.4, -0.2) is 12.6 Å². The fraction of sp³-hybridized carbons (Fsp3) is 0.167. The lowest BCUT2D eigenvalue weighted by Crippen LogP contribution is -2.23. The van der Waals surface area contributed by atoms with E-state index in [0.29, 0.717) is 12.2 Å². The van der Waals surface area contributed by atoms with Crippen LogP contribution in [0.3, 0.4) is 0 Å². The van der Waals surface area contributed by atoms with Gasteiger partial charge in [-0.1, -0.05) is 97.1 Å². The molecule has 3 heteroatoms. The molecule has 0 bridgehead atoms. The second-order valence-electron chi connectivity index (χ2n) is 8.06. The van der Waals surface area contributed by atoms with Crippen molar-refractivity contribution in [1.82, 2.24) is 0 Å². The van der Waals surface area contributed by atoms with Crippen LogP contribution in [0, 0.1) is 0 Å². The molecule has 0 aliphatic carbocycles. The van der Waals surface area contributed by atoms with Crippen molar-refractivity contribution in [2.24, 2.45) is 0 Å².